The Morgan fingerprint density at radius 3 is 2.76 bits per heavy atom. The standard InChI is InChI=1S/C20H20Cl2N4O2S/c1-13-4-3-5-14(8-13)12-29-20-25-24-18(10-23-19(27)11-28-2)26(20)17-7-6-15(21)9-16(17)22/h3-9H,10-12H2,1-2H3,(H,23,27). The van der Waals surface area contributed by atoms with Crippen LogP contribution in [0.15, 0.2) is 47.6 Å². The van der Waals surface area contributed by atoms with Crippen LogP contribution in [-0.4, -0.2) is 34.4 Å². The van der Waals surface area contributed by atoms with E-state index < -0.39 is 0 Å². The average molecular weight is 451 g/mol. The maximum atomic E-state index is 11.8. The second-order valence-electron chi connectivity index (χ2n) is 6.32. The molecule has 29 heavy (non-hydrogen) atoms. The Bertz CT molecular complexity index is 1010. The lowest BCUT2D eigenvalue weighted by atomic mass is 10.2. The molecule has 0 fully saturated rings. The van der Waals surface area contributed by atoms with Gasteiger partial charge in [-0.2, -0.15) is 0 Å². The molecular weight excluding hydrogens is 431 g/mol. The molecule has 0 saturated carbocycles. The Kier molecular flexibility index (Phi) is 7.55. The van der Waals surface area contributed by atoms with Crippen molar-refractivity contribution in [1.29, 1.82) is 0 Å². The molecule has 1 amide bonds. The van der Waals surface area contributed by atoms with E-state index in [1.807, 2.05) is 16.7 Å². The van der Waals surface area contributed by atoms with Crippen molar-refractivity contribution in [3.05, 3.63) is 69.5 Å². The predicted molar refractivity (Wildman–Crippen MR) is 116 cm³/mol. The zero-order valence-electron chi connectivity index (χ0n) is 16.0. The highest BCUT2D eigenvalue weighted by Crippen LogP contribution is 2.30. The molecule has 0 atom stereocenters. The number of ether oxygens (including phenoxy) is 1. The van der Waals surface area contributed by atoms with E-state index in [-0.39, 0.29) is 19.1 Å². The fourth-order valence-electron chi connectivity index (χ4n) is 2.72. The maximum Gasteiger partial charge on any atom is 0.246 e. The summed E-state index contributed by atoms with van der Waals surface area (Å²) in [4.78, 5) is 11.8. The minimum Gasteiger partial charge on any atom is -0.375 e. The molecule has 0 aliphatic heterocycles. The van der Waals surface area contributed by atoms with Crippen LogP contribution in [0.4, 0.5) is 0 Å². The number of rotatable bonds is 8. The third kappa shape index (κ3) is 5.73. The third-order valence-corrected chi connectivity index (χ3v) is 5.56. The number of halogens is 2. The van der Waals surface area contributed by atoms with Crippen molar-refractivity contribution in [2.45, 2.75) is 24.4 Å². The number of hydrogen-bond donors (Lipinski definition) is 1. The fourth-order valence-corrected chi connectivity index (χ4v) is 4.12. The van der Waals surface area contributed by atoms with Crippen LogP contribution in [0.2, 0.25) is 10.0 Å². The van der Waals surface area contributed by atoms with Crippen molar-refractivity contribution < 1.29 is 9.53 Å². The number of thioether (sulfide) groups is 1. The highest BCUT2D eigenvalue weighted by Gasteiger charge is 2.18. The molecule has 3 aromatic rings. The quantitative estimate of drug-likeness (QED) is 0.513. The van der Waals surface area contributed by atoms with Gasteiger partial charge < -0.3 is 10.1 Å². The van der Waals surface area contributed by atoms with Gasteiger partial charge in [0.25, 0.3) is 0 Å². The van der Waals surface area contributed by atoms with E-state index in [0.717, 1.165) is 5.75 Å². The fraction of sp³-hybridized carbons (Fsp3) is 0.250. The molecular formula is C20H20Cl2N4O2S. The van der Waals surface area contributed by atoms with Crippen LogP contribution in [0.25, 0.3) is 5.69 Å². The zero-order valence-corrected chi connectivity index (χ0v) is 18.3. The molecule has 1 aromatic heterocycles. The highest BCUT2D eigenvalue weighted by atomic mass is 35.5. The van der Waals surface area contributed by atoms with Crippen LogP contribution in [0, 0.1) is 6.92 Å². The molecule has 0 unspecified atom stereocenters. The monoisotopic (exact) mass is 450 g/mol. The molecule has 0 aliphatic rings. The number of amides is 1. The normalized spacial score (nSPS) is 10.9. The number of nitrogens with one attached hydrogen (secondary N) is 1. The SMILES string of the molecule is COCC(=O)NCc1nnc(SCc2cccc(C)c2)n1-c1ccc(Cl)cc1Cl. The van der Waals surface area contributed by atoms with E-state index in [4.69, 9.17) is 27.9 Å². The van der Waals surface area contributed by atoms with Gasteiger partial charge in [0, 0.05) is 17.9 Å². The van der Waals surface area contributed by atoms with Gasteiger partial charge in [0.2, 0.25) is 5.91 Å². The first-order chi connectivity index (χ1) is 14.0. The van der Waals surface area contributed by atoms with Crippen LogP contribution >= 0.6 is 35.0 Å². The van der Waals surface area contributed by atoms with Crippen molar-refractivity contribution in [2.24, 2.45) is 0 Å². The minimum atomic E-state index is -0.238. The number of hydrogen-bond acceptors (Lipinski definition) is 5. The maximum absolute atomic E-state index is 11.8. The first kappa shape index (κ1) is 21.6. The summed E-state index contributed by atoms with van der Waals surface area (Å²) in [7, 11) is 1.47. The largest absolute Gasteiger partial charge is 0.375 e. The van der Waals surface area contributed by atoms with Gasteiger partial charge in [0.15, 0.2) is 11.0 Å². The Morgan fingerprint density at radius 2 is 2.03 bits per heavy atom. The predicted octanol–water partition coefficient (Wildman–Crippen LogP) is 4.44. The van der Waals surface area contributed by atoms with E-state index in [9.17, 15) is 4.79 Å². The highest BCUT2D eigenvalue weighted by molar-refractivity contribution is 7.98. The Morgan fingerprint density at radius 1 is 1.21 bits per heavy atom. The molecule has 2 aromatic carbocycles. The lowest BCUT2D eigenvalue weighted by Crippen LogP contribution is -2.28. The summed E-state index contributed by atoms with van der Waals surface area (Å²) in [6.45, 7) is 2.23. The molecule has 0 saturated heterocycles. The smallest absolute Gasteiger partial charge is 0.246 e. The van der Waals surface area contributed by atoms with Crippen LogP contribution in [-0.2, 0) is 21.8 Å². The summed E-state index contributed by atoms with van der Waals surface area (Å²) in [5.41, 5.74) is 3.08. The van der Waals surface area contributed by atoms with E-state index in [1.54, 1.807) is 23.9 Å². The molecule has 0 spiro atoms. The van der Waals surface area contributed by atoms with Crippen molar-refractivity contribution in [3.63, 3.8) is 0 Å². The van der Waals surface area contributed by atoms with Gasteiger partial charge in [-0.25, -0.2) is 0 Å². The first-order valence-electron chi connectivity index (χ1n) is 8.81. The van der Waals surface area contributed by atoms with Crippen LogP contribution in [0.1, 0.15) is 17.0 Å². The third-order valence-electron chi connectivity index (χ3n) is 4.02. The summed E-state index contributed by atoms with van der Waals surface area (Å²) in [6.07, 6.45) is 0. The van der Waals surface area contributed by atoms with Gasteiger partial charge in [-0.1, -0.05) is 64.8 Å². The number of benzene rings is 2. The Balaban J connectivity index is 1.89. The average Bonchev–Trinajstić information content (AvgIpc) is 3.08. The van der Waals surface area contributed by atoms with Crippen LogP contribution in [0.3, 0.4) is 0 Å². The Labute approximate surface area is 183 Å². The lowest BCUT2D eigenvalue weighted by Gasteiger charge is -2.13. The molecule has 0 radical (unpaired) electrons. The second-order valence-corrected chi connectivity index (χ2v) is 8.10. The van der Waals surface area contributed by atoms with Crippen molar-refractivity contribution in [2.75, 3.05) is 13.7 Å². The van der Waals surface area contributed by atoms with E-state index in [0.29, 0.717) is 26.7 Å². The summed E-state index contributed by atoms with van der Waals surface area (Å²) >= 11 is 14.0. The minimum absolute atomic E-state index is 0.0230. The number of methoxy groups -OCH3 is 1. The first-order valence-corrected chi connectivity index (χ1v) is 10.6. The summed E-state index contributed by atoms with van der Waals surface area (Å²) in [5, 5.41) is 13.0. The molecule has 1 N–H and O–H groups in total. The van der Waals surface area contributed by atoms with Gasteiger partial charge in [-0.15, -0.1) is 10.2 Å². The van der Waals surface area contributed by atoms with Gasteiger partial charge in [-0.3, -0.25) is 9.36 Å². The van der Waals surface area contributed by atoms with Crippen molar-refractivity contribution in [1.82, 2.24) is 20.1 Å². The Hall–Kier alpha value is -2.06. The molecule has 3 rings (SSSR count). The summed E-state index contributed by atoms with van der Waals surface area (Å²) < 4.78 is 6.69. The van der Waals surface area contributed by atoms with Crippen LogP contribution < -0.4 is 5.32 Å². The number of carbonyl (C=O) groups is 1. The molecule has 152 valence electrons. The van der Waals surface area contributed by atoms with Gasteiger partial charge >= 0.3 is 0 Å². The molecule has 6 nitrogen and oxygen atoms in total. The van der Waals surface area contributed by atoms with Crippen LogP contribution in [0.5, 0.6) is 0 Å². The molecule has 1 heterocycles. The van der Waals surface area contributed by atoms with Crippen molar-refractivity contribution in [3.8, 4) is 5.69 Å². The van der Waals surface area contributed by atoms with Gasteiger partial charge in [0.05, 0.1) is 17.3 Å². The number of carbonyl (C=O) groups excluding carboxylic acids is 1. The lowest BCUT2D eigenvalue weighted by molar-refractivity contribution is -0.124. The zero-order chi connectivity index (χ0) is 20.8. The summed E-state index contributed by atoms with van der Waals surface area (Å²) in [6, 6.07) is 13.5. The molecule has 0 bridgehead atoms. The number of aromatic nitrogens is 3. The number of aryl methyl sites for hydroxylation is 1. The molecule has 9 heteroatoms. The summed E-state index contributed by atoms with van der Waals surface area (Å²) in [5.74, 6) is 1.05. The van der Waals surface area contributed by atoms with E-state index >= 15 is 0 Å². The second kappa shape index (κ2) is 10.1. The number of nitrogens with zero attached hydrogens (tertiary/aromatic N) is 3. The van der Waals surface area contributed by atoms with Gasteiger partial charge in [0.1, 0.15) is 6.61 Å². The molecule has 0 aliphatic carbocycles. The topological polar surface area (TPSA) is 69.0 Å². The van der Waals surface area contributed by atoms with Crippen molar-refractivity contribution >= 4 is 40.9 Å². The van der Waals surface area contributed by atoms with E-state index in [2.05, 4.69) is 40.6 Å². The van der Waals surface area contributed by atoms with Gasteiger partial charge in [-0.05, 0) is 30.7 Å². The van der Waals surface area contributed by atoms with E-state index in [1.165, 1.54) is 18.2 Å².